The molecule has 1 aliphatic rings. The summed E-state index contributed by atoms with van der Waals surface area (Å²) in [6.45, 7) is 6.54. The second-order valence-corrected chi connectivity index (χ2v) is 6.16. The number of piperidine rings is 1. The first-order valence-corrected chi connectivity index (χ1v) is 8.08. The Bertz CT molecular complexity index is 559. The molecular formula is C18H24N4. The Morgan fingerprint density at radius 2 is 1.77 bits per heavy atom. The maximum atomic E-state index is 4.21. The zero-order valence-electron chi connectivity index (χ0n) is 13.2. The molecule has 0 atom stereocenters. The quantitative estimate of drug-likeness (QED) is 0.920. The number of hydrogen-bond acceptors (Lipinski definition) is 4. The fraction of sp³-hybridized carbons (Fsp3) is 0.444. The van der Waals surface area contributed by atoms with Gasteiger partial charge in [0.2, 0.25) is 5.95 Å². The number of rotatable bonds is 5. The molecule has 1 saturated heterocycles. The van der Waals surface area contributed by atoms with E-state index in [1.807, 2.05) is 6.07 Å². The van der Waals surface area contributed by atoms with Gasteiger partial charge in [-0.3, -0.25) is 4.90 Å². The standard InChI is InChI=1S/C18H24N4/c1-15-3-5-17(6-4-15)14-22-11-7-16(8-12-22)13-21-18-19-9-2-10-20-18/h2-6,9-10,16H,7-8,11-14H2,1H3,(H,19,20,21). The second kappa shape index (κ2) is 7.36. The van der Waals surface area contributed by atoms with E-state index in [0.717, 1.165) is 25.0 Å². The molecule has 0 radical (unpaired) electrons. The minimum Gasteiger partial charge on any atom is -0.354 e. The van der Waals surface area contributed by atoms with Crippen LogP contribution in [-0.4, -0.2) is 34.5 Å². The molecule has 0 amide bonds. The van der Waals surface area contributed by atoms with Crippen molar-refractivity contribution in [2.75, 3.05) is 25.0 Å². The zero-order chi connectivity index (χ0) is 15.2. The number of benzene rings is 1. The van der Waals surface area contributed by atoms with Gasteiger partial charge in [-0.05, 0) is 50.4 Å². The summed E-state index contributed by atoms with van der Waals surface area (Å²) in [7, 11) is 0. The molecule has 22 heavy (non-hydrogen) atoms. The average Bonchev–Trinajstić information content (AvgIpc) is 2.57. The van der Waals surface area contributed by atoms with Gasteiger partial charge in [0.05, 0.1) is 0 Å². The summed E-state index contributed by atoms with van der Waals surface area (Å²) in [5, 5.41) is 3.34. The van der Waals surface area contributed by atoms with Crippen molar-refractivity contribution in [3.63, 3.8) is 0 Å². The van der Waals surface area contributed by atoms with E-state index in [1.165, 1.54) is 37.1 Å². The first-order valence-electron chi connectivity index (χ1n) is 8.08. The highest BCUT2D eigenvalue weighted by atomic mass is 15.1. The summed E-state index contributed by atoms with van der Waals surface area (Å²) < 4.78 is 0. The van der Waals surface area contributed by atoms with E-state index < -0.39 is 0 Å². The molecular weight excluding hydrogens is 272 g/mol. The lowest BCUT2D eigenvalue weighted by atomic mass is 9.96. The Morgan fingerprint density at radius 1 is 1.09 bits per heavy atom. The molecule has 1 aromatic carbocycles. The predicted octanol–water partition coefficient (Wildman–Crippen LogP) is 3.11. The molecule has 0 aliphatic carbocycles. The molecule has 3 rings (SSSR count). The third-order valence-electron chi connectivity index (χ3n) is 4.35. The minimum absolute atomic E-state index is 0.720. The van der Waals surface area contributed by atoms with Crippen molar-refractivity contribution >= 4 is 5.95 Å². The van der Waals surface area contributed by atoms with Crippen LogP contribution in [0.4, 0.5) is 5.95 Å². The van der Waals surface area contributed by atoms with Crippen molar-refractivity contribution < 1.29 is 0 Å². The van der Waals surface area contributed by atoms with Gasteiger partial charge >= 0.3 is 0 Å². The summed E-state index contributed by atoms with van der Waals surface area (Å²) in [6, 6.07) is 10.7. The van der Waals surface area contributed by atoms with E-state index in [-0.39, 0.29) is 0 Å². The van der Waals surface area contributed by atoms with Crippen LogP contribution in [-0.2, 0) is 6.54 Å². The SMILES string of the molecule is Cc1ccc(CN2CCC(CNc3ncccn3)CC2)cc1. The van der Waals surface area contributed by atoms with Crippen LogP contribution in [0.5, 0.6) is 0 Å². The van der Waals surface area contributed by atoms with Crippen LogP contribution in [0.15, 0.2) is 42.7 Å². The number of aromatic nitrogens is 2. The molecule has 0 bridgehead atoms. The first kappa shape index (κ1) is 15.0. The van der Waals surface area contributed by atoms with Gasteiger partial charge < -0.3 is 5.32 Å². The van der Waals surface area contributed by atoms with E-state index in [0.29, 0.717) is 0 Å². The molecule has 1 N–H and O–H groups in total. The van der Waals surface area contributed by atoms with E-state index >= 15 is 0 Å². The molecule has 0 unspecified atom stereocenters. The van der Waals surface area contributed by atoms with Crippen molar-refractivity contribution in [2.24, 2.45) is 5.92 Å². The van der Waals surface area contributed by atoms with Gasteiger partial charge in [-0.2, -0.15) is 0 Å². The molecule has 4 nitrogen and oxygen atoms in total. The molecule has 4 heteroatoms. The number of likely N-dealkylation sites (tertiary alicyclic amines) is 1. The highest BCUT2D eigenvalue weighted by Crippen LogP contribution is 2.19. The third-order valence-corrected chi connectivity index (χ3v) is 4.35. The van der Waals surface area contributed by atoms with Crippen LogP contribution in [0.25, 0.3) is 0 Å². The maximum Gasteiger partial charge on any atom is 0.222 e. The number of anilines is 1. The van der Waals surface area contributed by atoms with E-state index in [1.54, 1.807) is 12.4 Å². The van der Waals surface area contributed by atoms with Crippen molar-refractivity contribution in [1.82, 2.24) is 14.9 Å². The van der Waals surface area contributed by atoms with Crippen molar-refractivity contribution in [3.8, 4) is 0 Å². The van der Waals surface area contributed by atoms with Gasteiger partial charge in [-0.25, -0.2) is 9.97 Å². The van der Waals surface area contributed by atoms with Crippen LogP contribution < -0.4 is 5.32 Å². The van der Waals surface area contributed by atoms with E-state index in [4.69, 9.17) is 0 Å². The fourth-order valence-electron chi connectivity index (χ4n) is 2.93. The normalized spacial score (nSPS) is 16.6. The average molecular weight is 296 g/mol. The van der Waals surface area contributed by atoms with Crippen LogP contribution in [0.3, 0.4) is 0 Å². The molecule has 116 valence electrons. The number of nitrogens with one attached hydrogen (secondary N) is 1. The highest BCUT2D eigenvalue weighted by Gasteiger charge is 2.19. The molecule has 1 aliphatic heterocycles. The molecule has 2 aromatic rings. The van der Waals surface area contributed by atoms with Gasteiger partial charge in [-0.1, -0.05) is 29.8 Å². The maximum absolute atomic E-state index is 4.21. The van der Waals surface area contributed by atoms with Crippen LogP contribution in [0, 0.1) is 12.8 Å². The summed E-state index contributed by atoms with van der Waals surface area (Å²) >= 11 is 0. The molecule has 1 fully saturated rings. The smallest absolute Gasteiger partial charge is 0.222 e. The lowest BCUT2D eigenvalue weighted by molar-refractivity contribution is 0.182. The first-order chi connectivity index (χ1) is 10.8. The third kappa shape index (κ3) is 4.28. The second-order valence-electron chi connectivity index (χ2n) is 6.16. The minimum atomic E-state index is 0.720. The van der Waals surface area contributed by atoms with Gasteiger partial charge in [0.1, 0.15) is 0 Å². The van der Waals surface area contributed by atoms with Gasteiger partial charge in [0.25, 0.3) is 0 Å². The molecule has 0 spiro atoms. The number of hydrogen-bond donors (Lipinski definition) is 1. The van der Waals surface area contributed by atoms with Gasteiger partial charge in [0.15, 0.2) is 0 Å². The van der Waals surface area contributed by atoms with Crippen LogP contribution in [0.2, 0.25) is 0 Å². The molecule has 0 saturated carbocycles. The predicted molar refractivity (Wildman–Crippen MR) is 89.7 cm³/mol. The Labute approximate surface area is 132 Å². The summed E-state index contributed by atoms with van der Waals surface area (Å²) in [5.74, 6) is 1.46. The van der Waals surface area contributed by atoms with Crippen molar-refractivity contribution in [2.45, 2.75) is 26.3 Å². The monoisotopic (exact) mass is 296 g/mol. The Morgan fingerprint density at radius 3 is 2.45 bits per heavy atom. The number of nitrogens with zero attached hydrogens (tertiary/aromatic N) is 3. The summed E-state index contributed by atoms with van der Waals surface area (Å²) in [6.07, 6.45) is 6.04. The summed E-state index contributed by atoms with van der Waals surface area (Å²) in [4.78, 5) is 11.0. The van der Waals surface area contributed by atoms with Gasteiger partial charge in [0, 0.05) is 25.5 Å². The van der Waals surface area contributed by atoms with E-state index in [9.17, 15) is 0 Å². The van der Waals surface area contributed by atoms with Crippen molar-refractivity contribution in [3.05, 3.63) is 53.9 Å². The lowest BCUT2D eigenvalue weighted by Gasteiger charge is -2.32. The Kier molecular flexibility index (Phi) is 5.01. The molecule has 1 aromatic heterocycles. The van der Waals surface area contributed by atoms with Crippen molar-refractivity contribution in [1.29, 1.82) is 0 Å². The highest BCUT2D eigenvalue weighted by molar-refractivity contribution is 5.22. The fourth-order valence-corrected chi connectivity index (χ4v) is 2.93. The summed E-state index contributed by atoms with van der Waals surface area (Å²) in [5.41, 5.74) is 2.75. The zero-order valence-corrected chi connectivity index (χ0v) is 13.2. The topological polar surface area (TPSA) is 41.0 Å². The van der Waals surface area contributed by atoms with E-state index in [2.05, 4.69) is 51.4 Å². The van der Waals surface area contributed by atoms with Crippen LogP contribution >= 0.6 is 0 Å². The Hall–Kier alpha value is -1.94. The molecule has 2 heterocycles. The van der Waals surface area contributed by atoms with Crippen LogP contribution in [0.1, 0.15) is 24.0 Å². The lowest BCUT2D eigenvalue weighted by Crippen LogP contribution is -2.35. The van der Waals surface area contributed by atoms with Gasteiger partial charge in [-0.15, -0.1) is 0 Å². The Balaban J connectivity index is 1.41. The number of aryl methyl sites for hydroxylation is 1. The largest absolute Gasteiger partial charge is 0.354 e.